The molecule has 0 atom stereocenters. The van der Waals surface area contributed by atoms with E-state index in [0.717, 1.165) is 54.9 Å². The zero-order valence-electron chi connectivity index (χ0n) is 10.7. The standard InChI is InChI=1S/C14H21BrO2/c1-3-5-7-16-13-9-12(15)10-14(11-13)17-8-6-4-2/h9-11H,3-8H2,1-2H3. The van der Waals surface area contributed by atoms with Gasteiger partial charge < -0.3 is 9.47 Å². The van der Waals surface area contributed by atoms with Crippen molar-refractivity contribution in [1.29, 1.82) is 0 Å². The quantitative estimate of drug-likeness (QED) is 0.642. The number of benzene rings is 1. The largest absolute Gasteiger partial charge is 0.493 e. The van der Waals surface area contributed by atoms with Gasteiger partial charge in [-0.2, -0.15) is 0 Å². The second-order valence-electron chi connectivity index (χ2n) is 4.03. The van der Waals surface area contributed by atoms with Gasteiger partial charge in [0.1, 0.15) is 11.5 Å². The Morgan fingerprint density at radius 3 is 1.76 bits per heavy atom. The number of ether oxygens (including phenoxy) is 2. The van der Waals surface area contributed by atoms with Crippen LogP contribution in [0.1, 0.15) is 39.5 Å². The van der Waals surface area contributed by atoms with Crippen LogP contribution in [0.5, 0.6) is 11.5 Å². The summed E-state index contributed by atoms with van der Waals surface area (Å²) in [6, 6.07) is 5.90. The summed E-state index contributed by atoms with van der Waals surface area (Å²) >= 11 is 3.47. The predicted molar refractivity (Wildman–Crippen MR) is 74.9 cm³/mol. The number of halogens is 1. The van der Waals surface area contributed by atoms with Crippen LogP contribution in [-0.2, 0) is 0 Å². The Labute approximate surface area is 112 Å². The molecule has 0 spiro atoms. The molecule has 0 aliphatic rings. The van der Waals surface area contributed by atoms with Gasteiger partial charge in [0, 0.05) is 10.5 Å². The summed E-state index contributed by atoms with van der Waals surface area (Å²) in [7, 11) is 0. The second-order valence-corrected chi connectivity index (χ2v) is 4.94. The van der Waals surface area contributed by atoms with Crippen molar-refractivity contribution in [2.75, 3.05) is 13.2 Å². The van der Waals surface area contributed by atoms with Gasteiger partial charge in [-0.15, -0.1) is 0 Å². The smallest absolute Gasteiger partial charge is 0.124 e. The fourth-order valence-electron chi connectivity index (χ4n) is 1.37. The van der Waals surface area contributed by atoms with Gasteiger partial charge in [-0.05, 0) is 25.0 Å². The molecule has 1 aromatic carbocycles. The molecule has 0 saturated heterocycles. The van der Waals surface area contributed by atoms with E-state index in [0.29, 0.717) is 0 Å². The summed E-state index contributed by atoms with van der Waals surface area (Å²) in [6.07, 6.45) is 4.46. The lowest BCUT2D eigenvalue weighted by atomic mass is 10.3. The molecular weight excluding hydrogens is 280 g/mol. The molecule has 0 amide bonds. The van der Waals surface area contributed by atoms with Gasteiger partial charge in [-0.1, -0.05) is 42.6 Å². The van der Waals surface area contributed by atoms with Crippen LogP contribution in [0.4, 0.5) is 0 Å². The molecule has 0 N–H and O–H groups in total. The molecule has 0 aliphatic carbocycles. The first-order valence-electron chi connectivity index (χ1n) is 6.32. The van der Waals surface area contributed by atoms with Crippen molar-refractivity contribution in [2.45, 2.75) is 39.5 Å². The van der Waals surface area contributed by atoms with Gasteiger partial charge >= 0.3 is 0 Å². The molecule has 0 heterocycles. The molecule has 17 heavy (non-hydrogen) atoms. The molecule has 0 bridgehead atoms. The fourth-order valence-corrected chi connectivity index (χ4v) is 1.82. The average molecular weight is 301 g/mol. The Balaban J connectivity index is 2.53. The van der Waals surface area contributed by atoms with Gasteiger partial charge in [0.15, 0.2) is 0 Å². The Morgan fingerprint density at radius 1 is 0.882 bits per heavy atom. The minimum absolute atomic E-state index is 0.765. The van der Waals surface area contributed by atoms with Crippen LogP contribution in [0, 0.1) is 0 Å². The van der Waals surface area contributed by atoms with Crippen LogP contribution < -0.4 is 9.47 Å². The molecule has 0 radical (unpaired) electrons. The van der Waals surface area contributed by atoms with E-state index >= 15 is 0 Å². The molecule has 0 aromatic heterocycles. The molecule has 0 unspecified atom stereocenters. The number of hydrogen-bond donors (Lipinski definition) is 0. The summed E-state index contributed by atoms with van der Waals surface area (Å²) in [5.74, 6) is 1.75. The van der Waals surface area contributed by atoms with Gasteiger partial charge in [-0.25, -0.2) is 0 Å². The first-order valence-corrected chi connectivity index (χ1v) is 7.11. The van der Waals surface area contributed by atoms with E-state index in [1.54, 1.807) is 0 Å². The third-order valence-electron chi connectivity index (χ3n) is 2.38. The Morgan fingerprint density at radius 2 is 1.35 bits per heavy atom. The molecule has 3 heteroatoms. The van der Waals surface area contributed by atoms with Crippen molar-refractivity contribution < 1.29 is 9.47 Å². The second kappa shape index (κ2) is 8.40. The summed E-state index contributed by atoms with van der Waals surface area (Å²) in [5.41, 5.74) is 0. The molecule has 1 rings (SSSR count). The van der Waals surface area contributed by atoms with Crippen LogP contribution in [0.3, 0.4) is 0 Å². The van der Waals surface area contributed by atoms with Gasteiger partial charge in [-0.3, -0.25) is 0 Å². The van der Waals surface area contributed by atoms with Crippen molar-refractivity contribution in [1.82, 2.24) is 0 Å². The fraction of sp³-hybridized carbons (Fsp3) is 0.571. The van der Waals surface area contributed by atoms with Crippen LogP contribution in [0.2, 0.25) is 0 Å². The summed E-state index contributed by atoms with van der Waals surface area (Å²) in [4.78, 5) is 0. The van der Waals surface area contributed by atoms with Gasteiger partial charge in [0.05, 0.1) is 13.2 Å². The highest BCUT2D eigenvalue weighted by Gasteiger charge is 2.01. The maximum absolute atomic E-state index is 5.66. The highest BCUT2D eigenvalue weighted by Crippen LogP contribution is 2.26. The first-order chi connectivity index (χ1) is 8.26. The van der Waals surface area contributed by atoms with Crippen molar-refractivity contribution >= 4 is 15.9 Å². The minimum Gasteiger partial charge on any atom is -0.493 e. The predicted octanol–water partition coefficient (Wildman–Crippen LogP) is 4.81. The SMILES string of the molecule is CCCCOc1cc(Br)cc(OCCCC)c1. The maximum Gasteiger partial charge on any atom is 0.124 e. The Bertz CT molecular complexity index is 298. The van der Waals surface area contributed by atoms with E-state index in [4.69, 9.17) is 9.47 Å². The Hall–Kier alpha value is -0.700. The van der Waals surface area contributed by atoms with Crippen LogP contribution in [0.25, 0.3) is 0 Å². The highest BCUT2D eigenvalue weighted by atomic mass is 79.9. The summed E-state index contributed by atoms with van der Waals surface area (Å²) in [6.45, 7) is 5.84. The molecule has 0 saturated carbocycles. The normalized spacial score (nSPS) is 10.3. The van der Waals surface area contributed by atoms with Crippen LogP contribution in [0.15, 0.2) is 22.7 Å². The lowest BCUT2D eigenvalue weighted by Crippen LogP contribution is -1.99. The molecule has 0 aliphatic heterocycles. The molecule has 1 aromatic rings. The van der Waals surface area contributed by atoms with Crippen molar-refractivity contribution in [3.63, 3.8) is 0 Å². The van der Waals surface area contributed by atoms with Crippen molar-refractivity contribution in [3.05, 3.63) is 22.7 Å². The van der Waals surface area contributed by atoms with Gasteiger partial charge in [0.2, 0.25) is 0 Å². The third-order valence-corrected chi connectivity index (χ3v) is 2.84. The highest BCUT2D eigenvalue weighted by molar-refractivity contribution is 9.10. The molecule has 0 fully saturated rings. The lowest BCUT2D eigenvalue weighted by molar-refractivity contribution is 0.294. The average Bonchev–Trinajstić information content (AvgIpc) is 2.29. The van der Waals surface area contributed by atoms with E-state index in [1.165, 1.54) is 0 Å². The zero-order chi connectivity index (χ0) is 12.5. The Kier molecular flexibility index (Phi) is 7.10. The molecular formula is C14H21BrO2. The molecule has 96 valence electrons. The minimum atomic E-state index is 0.765. The van der Waals surface area contributed by atoms with E-state index < -0.39 is 0 Å². The maximum atomic E-state index is 5.66. The number of hydrogen-bond acceptors (Lipinski definition) is 2. The zero-order valence-corrected chi connectivity index (χ0v) is 12.3. The monoisotopic (exact) mass is 300 g/mol. The summed E-state index contributed by atoms with van der Waals surface area (Å²) in [5, 5.41) is 0. The third kappa shape index (κ3) is 5.97. The van der Waals surface area contributed by atoms with Crippen molar-refractivity contribution in [3.8, 4) is 11.5 Å². The van der Waals surface area contributed by atoms with E-state index in [-0.39, 0.29) is 0 Å². The first kappa shape index (κ1) is 14.4. The van der Waals surface area contributed by atoms with E-state index in [9.17, 15) is 0 Å². The summed E-state index contributed by atoms with van der Waals surface area (Å²) < 4.78 is 12.3. The van der Waals surface area contributed by atoms with Gasteiger partial charge in [0.25, 0.3) is 0 Å². The van der Waals surface area contributed by atoms with E-state index in [2.05, 4.69) is 29.8 Å². The van der Waals surface area contributed by atoms with E-state index in [1.807, 2.05) is 18.2 Å². The number of unbranched alkanes of at least 4 members (excludes halogenated alkanes) is 2. The van der Waals surface area contributed by atoms with Crippen LogP contribution >= 0.6 is 15.9 Å². The topological polar surface area (TPSA) is 18.5 Å². The van der Waals surface area contributed by atoms with Crippen molar-refractivity contribution in [2.24, 2.45) is 0 Å². The number of rotatable bonds is 8. The van der Waals surface area contributed by atoms with Crippen LogP contribution in [-0.4, -0.2) is 13.2 Å². The lowest BCUT2D eigenvalue weighted by Gasteiger charge is -2.10. The molecule has 2 nitrogen and oxygen atoms in total.